The molecule has 0 heterocycles. The molecule has 0 aliphatic rings. The summed E-state index contributed by atoms with van der Waals surface area (Å²) in [5.41, 5.74) is 0. The number of hydrogen-bond acceptors (Lipinski definition) is 4. The molecule has 0 radical (unpaired) electrons. The van der Waals surface area contributed by atoms with E-state index in [1.54, 1.807) is 6.08 Å². The number of carbonyl (C=O) groups is 1. The van der Waals surface area contributed by atoms with Gasteiger partial charge in [-0.3, -0.25) is 4.79 Å². The fourth-order valence-corrected chi connectivity index (χ4v) is 6.81. The normalized spacial score (nSPS) is 13.9. The molecule has 0 fully saturated rings. The average molecular weight is 718 g/mol. The molecule has 0 spiro atoms. The first kappa shape index (κ1) is 49.6. The SMILES string of the molecule is C/C=C/CC/C=C/CC/C=C/C(O)C(CO)NC(=O)C(O)CCCCCCCCCCCCCCCCCCCCCCCCCCCCCC. The third-order valence-electron chi connectivity index (χ3n) is 10.3. The van der Waals surface area contributed by atoms with Gasteiger partial charge < -0.3 is 20.6 Å². The van der Waals surface area contributed by atoms with Crippen LogP contribution in [-0.2, 0) is 4.79 Å². The van der Waals surface area contributed by atoms with Crippen LogP contribution in [0, 0.1) is 0 Å². The number of amides is 1. The molecule has 5 heteroatoms. The summed E-state index contributed by atoms with van der Waals surface area (Å²) in [6, 6.07) is -0.816. The van der Waals surface area contributed by atoms with Crippen LogP contribution in [0.25, 0.3) is 0 Å². The van der Waals surface area contributed by atoms with Crippen molar-refractivity contribution in [1.29, 1.82) is 0 Å². The van der Waals surface area contributed by atoms with Crippen LogP contribution in [0.3, 0.4) is 0 Å². The Morgan fingerprint density at radius 2 is 0.843 bits per heavy atom. The molecule has 0 rings (SSSR count). The second kappa shape index (κ2) is 41.3. The minimum absolute atomic E-state index is 0.381. The molecule has 0 saturated carbocycles. The highest BCUT2D eigenvalue weighted by atomic mass is 16.3. The molecule has 5 nitrogen and oxygen atoms in total. The van der Waals surface area contributed by atoms with Gasteiger partial charge in [-0.15, -0.1) is 0 Å². The maximum atomic E-state index is 12.4. The van der Waals surface area contributed by atoms with Crippen LogP contribution in [-0.4, -0.2) is 46.1 Å². The lowest BCUT2D eigenvalue weighted by atomic mass is 10.0. The van der Waals surface area contributed by atoms with E-state index in [2.05, 4.69) is 36.5 Å². The first-order valence-corrected chi connectivity index (χ1v) is 22.3. The quantitative estimate of drug-likeness (QED) is 0.0375. The first-order chi connectivity index (χ1) is 25.1. The zero-order valence-corrected chi connectivity index (χ0v) is 34.0. The Morgan fingerprint density at radius 3 is 1.20 bits per heavy atom. The average Bonchev–Trinajstić information content (AvgIpc) is 3.13. The van der Waals surface area contributed by atoms with Gasteiger partial charge >= 0.3 is 0 Å². The lowest BCUT2D eigenvalue weighted by molar-refractivity contribution is -0.131. The Balaban J connectivity index is 3.50. The molecule has 3 atom stereocenters. The predicted molar refractivity (Wildman–Crippen MR) is 222 cm³/mol. The monoisotopic (exact) mass is 718 g/mol. The number of carbonyl (C=O) groups excluding carboxylic acids is 1. The van der Waals surface area contributed by atoms with Gasteiger partial charge in [-0.05, 0) is 39.0 Å². The van der Waals surface area contributed by atoms with Crippen molar-refractivity contribution in [2.24, 2.45) is 0 Å². The summed E-state index contributed by atoms with van der Waals surface area (Å²) in [5.74, 6) is -0.518. The van der Waals surface area contributed by atoms with Crippen molar-refractivity contribution in [3.05, 3.63) is 36.5 Å². The second-order valence-corrected chi connectivity index (χ2v) is 15.3. The Hall–Kier alpha value is -1.43. The van der Waals surface area contributed by atoms with E-state index in [0.29, 0.717) is 6.42 Å². The van der Waals surface area contributed by atoms with Gasteiger partial charge in [-0.1, -0.05) is 223 Å². The van der Waals surface area contributed by atoms with Gasteiger partial charge in [-0.25, -0.2) is 0 Å². The highest BCUT2D eigenvalue weighted by Crippen LogP contribution is 2.17. The number of allylic oxidation sites excluding steroid dienone is 5. The van der Waals surface area contributed by atoms with Crippen LogP contribution >= 0.6 is 0 Å². The number of nitrogens with one attached hydrogen (secondary N) is 1. The van der Waals surface area contributed by atoms with Gasteiger partial charge in [0, 0.05) is 0 Å². The van der Waals surface area contributed by atoms with E-state index in [4.69, 9.17) is 0 Å². The molecular weight excluding hydrogens is 631 g/mol. The highest BCUT2D eigenvalue weighted by Gasteiger charge is 2.22. The van der Waals surface area contributed by atoms with Crippen LogP contribution in [0.5, 0.6) is 0 Å². The molecule has 0 aliphatic carbocycles. The van der Waals surface area contributed by atoms with Gasteiger partial charge in [0.05, 0.1) is 18.8 Å². The first-order valence-electron chi connectivity index (χ1n) is 22.3. The van der Waals surface area contributed by atoms with Crippen molar-refractivity contribution in [2.75, 3.05) is 6.61 Å². The largest absolute Gasteiger partial charge is 0.394 e. The summed E-state index contributed by atoms with van der Waals surface area (Å²) in [5, 5.41) is 32.9. The third-order valence-corrected chi connectivity index (χ3v) is 10.3. The van der Waals surface area contributed by atoms with Crippen molar-refractivity contribution in [3.63, 3.8) is 0 Å². The minimum atomic E-state index is -1.10. The summed E-state index contributed by atoms with van der Waals surface area (Å²) in [6.07, 6.45) is 52.3. The Kier molecular flexibility index (Phi) is 40.2. The van der Waals surface area contributed by atoms with Gasteiger partial charge in [0.2, 0.25) is 5.91 Å². The standard InChI is InChI=1S/C46H87NO4/c1-3-5-7-9-11-13-14-15-16-17-18-19-20-21-22-23-24-25-26-27-28-29-30-31-33-35-37-39-41-45(50)46(51)47-43(42-48)44(49)40-38-36-34-32-12-10-8-6-4-2/h4,6,12,32,38,40,43-45,48-50H,3,5,7-11,13-31,33-37,39,41-42H2,1-2H3,(H,47,51)/b6-4+,32-12+,40-38+. The zero-order chi connectivity index (χ0) is 37.3. The fraction of sp³-hybridized carbons (Fsp3) is 0.848. The van der Waals surface area contributed by atoms with E-state index in [0.717, 1.165) is 44.9 Å². The molecule has 3 unspecified atom stereocenters. The molecular formula is C46H87NO4. The minimum Gasteiger partial charge on any atom is -0.394 e. The van der Waals surface area contributed by atoms with Gasteiger partial charge in [0.15, 0.2) is 0 Å². The lowest BCUT2D eigenvalue weighted by Gasteiger charge is -2.21. The predicted octanol–water partition coefficient (Wildman–Crippen LogP) is 12.8. The maximum absolute atomic E-state index is 12.4. The number of rotatable bonds is 40. The maximum Gasteiger partial charge on any atom is 0.249 e. The van der Waals surface area contributed by atoms with E-state index < -0.39 is 24.2 Å². The van der Waals surface area contributed by atoms with Crippen LogP contribution in [0.15, 0.2) is 36.5 Å². The Labute approximate surface area is 317 Å². The Morgan fingerprint density at radius 1 is 0.510 bits per heavy atom. The topological polar surface area (TPSA) is 89.8 Å². The molecule has 0 aromatic carbocycles. The van der Waals surface area contributed by atoms with Crippen molar-refractivity contribution in [1.82, 2.24) is 5.32 Å². The van der Waals surface area contributed by atoms with E-state index in [1.807, 2.05) is 13.0 Å². The van der Waals surface area contributed by atoms with Crippen LogP contribution in [0.1, 0.15) is 226 Å². The molecule has 300 valence electrons. The van der Waals surface area contributed by atoms with Gasteiger partial charge in [-0.2, -0.15) is 0 Å². The van der Waals surface area contributed by atoms with Crippen LogP contribution < -0.4 is 5.32 Å². The van der Waals surface area contributed by atoms with E-state index in [9.17, 15) is 20.1 Å². The van der Waals surface area contributed by atoms with Gasteiger partial charge in [0.25, 0.3) is 0 Å². The number of aliphatic hydroxyl groups excluding tert-OH is 3. The molecule has 0 bridgehead atoms. The number of aliphatic hydroxyl groups is 3. The van der Waals surface area contributed by atoms with Crippen molar-refractivity contribution >= 4 is 5.91 Å². The third kappa shape index (κ3) is 36.7. The Bertz CT molecular complexity index is 794. The lowest BCUT2D eigenvalue weighted by Crippen LogP contribution is -2.48. The summed E-state index contributed by atoms with van der Waals surface area (Å²) in [6.45, 7) is 3.94. The summed E-state index contributed by atoms with van der Waals surface area (Å²) in [4.78, 5) is 12.4. The summed E-state index contributed by atoms with van der Waals surface area (Å²) in [7, 11) is 0. The zero-order valence-electron chi connectivity index (χ0n) is 34.0. The van der Waals surface area contributed by atoms with Crippen LogP contribution in [0.4, 0.5) is 0 Å². The van der Waals surface area contributed by atoms with Crippen molar-refractivity contribution in [3.8, 4) is 0 Å². The van der Waals surface area contributed by atoms with Crippen LogP contribution in [0.2, 0.25) is 0 Å². The molecule has 0 aromatic heterocycles. The molecule has 4 N–H and O–H groups in total. The van der Waals surface area contributed by atoms with Gasteiger partial charge in [0.1, 0.15) is 6.10 Å². The summed E-state index contributed by atoms with van der Waals surface area (Å²) < 4.78 is 0. The highest BCUT2D eigenvalue weighted by molar-refractivity contribution is 5.80. The molecule has 0 aromatic rings. The molecule has 1 amide bonds. The van der Waals surface area contributed by atoms with Crippen molar-refractivity contribution < 1.29 is 20.1 Å². The fourth-order valence-electron chi connectivity index (χ4n) is 6.81. The van der Waals surface area contributed by atoms with E-state index in [1.165, 1.54) is 161 Å². The molecule has 0 aliphatic heterocycles. The van der Waals surface area contributed by atoms with E-state index >= 15 is 0 Å². The van der Waals surface area contributed by atoms with E-state index in [-0.39, 0.29) is 6.61 Å². The molecule has 0 saturated heterocycles. The number of hydrogen-bond donors (Lipinski definition) is 4. The number of unbranched alkanes of at least 4 members (excludes halogenated alkanes) is 29. The second-order valence-electron chi connectivity index (χ2n) is 15.3. The smallest absolute Gasteiger partial charge is 0.249 e. The van der Waals surface area contributed by atoms with Crippen molar-refractivity contribution in [2.45, 2.75) is 244 Å². The summed E-state index contributed by atoms with van der Waals surface area (Å²) >= 11 is 0. The molecule has 51 heavy (non-hydrogen) atoms.